The number of nitrogens with zero attached hydrogens (tertiary/aromatic N) is 1. The summed E-state index contributed by atoms with van der Waals surface area (Å²) in [5.74, 6) is -0.264. The van der Waals surface area contributed by atoms with Crippen LogP contribution >= 0.6 is 27.3 Å². The maximum atomic E-state index is 13.5. The van der Waals surface area contributed by atoms with Gasteiger partial charge in [-0.15, -0.1) is 11.3 Å². The molecule has 1 atom stereocenters. The van der Waals surface area contributed by atoms with Gasteiger partial charge in [-0.25, -0.2) is 4.39 Å². The Hall–Kier alpha value is -0.780. The molecule has 0 aliphatic carbocycles. The highest BCUT2D eigenvalue weighted by molar-refractivity contribution is 9.10. The monoisotopic (exact) mass is 300 g/mol. The molecule has 0 bridgehead atoms. The van der Waals surface area contributed by atoms with Gasteiger partial charge in [0.1, 0.15) is 5.82 Å². The van der Waals surface area contributed by atoms with E-state index in [4.69, 9.17) is 5.73 Å². The summed E-state index contributed by atoms with van der Waals surface area (Å²) < 4.78 is 14.4. The lowest BCUT2D eigenvalue weighted by molar-refractivity contribution is 0.581. The minimum absolute atomic E-state index is 0.264. The van der Waals surface area contributed by atoms with Crippen LogP contribution in [0.5, 0.6) is 0 Å². The number of benzene rings is 1. The van der Waals surface area contributed by atoms with Crippen molar-refractivity contribution in [1.29, 1.82) is 0 Å². The topological polar surface area (TPSA) is 38.9 Å². The van der Waals surface area contributed by atoms with Gasteiger partial charge < -0.3 is 5.73 Å². The SMILES string of the molecule is NC(Cc1cncs1)c1cc(Br)ccc1F. The minimum Gasteiger partial charge on any atom is -0.324 e. The molecule has 0 spiro atoms. The van der Waals surface area contributed by atoms with Crippen LogP contribution in [-0.4, -0.2) is 4.98 Å². The van der Waals surface area contributed by atoms with Crippen LogP contribution in [0.4, 0.5) is 4.39 Å². The summed E-state index contributed by atoms with van der Waals surface area (Å²) in [5, 5.41) is 0. The summed E-state index contributed by atoms with van der Waals surface area (Å²) in [6.07, 6.45) is 2.37. The predicted octanol–water partition coefficient (Wildman–Crippen LogP) is 3.29. The van der Waals surface area contributed by atoms with Crippen LogP contribution in [0.2, 0.25) is 0 Å². The fraction of sp³-hybridized carbons (Fsp3) is 0.182. The van der Waals surface area contributed by atoms with Gasteiger partial charge in [0.25, 0.3) is 0 Å². The first-order valence-corrected chi connectivity index (χ1v) is 6.42. The van der Waals surface area contributed by atoms with Crippen molar-refractivity contribution in [1.82, 2.24) is 4.98 Å². The Morgan fingerprint density at radius 2 is 2.31 bits per heavy atom. The fourth-order valence-electron chi connectivity index (χ4n) is 1.47. The number of nitrogens with two attached hydrogens (primary N) is 1. The van der Waals surface area contributed by atoms with Gasteiger partial charge in [0.2, 0.25) is 0 Å². The normalized spacial score (nSPS) is 12.7. The summed E-state index contributed by atoms with van der Waals surface area (Å²) in [6.45, 7) is 0. The Labute approximate surface area is 105 Å². The third-order valence-corrected chi connectivity index (χ3v) is 3.56. The van der Waals surface area contributed by atoms with E-state index in [0.29, 0.717) is 12.0 Å². The minimum atomic E-state index is -0.335. The predicted molar refractivity (Wildman–Crippen MR) is 66.8 cm³/mol. The Kier molecular flexibility index (Phi) is 3.68. The Morgan fingerprint density at radius 1 is 1.50 bits per heavy atom. The zero-order valence-electron chi connectivity index (χ0n) is 8.36. The maximum Gasteiger partial charge on any atom is 0.128 e. The number of halogens is 2. The highest BCUT2D eigenvalue weighted by Gasteiger charge is 2.13. The second-order valence-electron chi connectivity index (χ2n) is 3.44. The van der Waals surface area contributed by atoms with Crippen molar-refractivity contribution in [3.05, 3.63) is 50.6 Å². The van der Waals surface area contributed by atoms with E-state index in [-0.39, 0.29) is 11.9 Å². The van der Waals surface area contributed by atoms with Gasteiger partial charge >= 0.3 is 0 Å². The molecule has 1 aromatic heterocycles. The van der Waals surface area contributed by atoms with Gasteiger partial charge in [-0.05, 0) is 18.2 Å². The van der Waals surface area contributed by atoms with Crippen molar-refractivity contribution in [3.8, 4) is 0 Å². The van der Waals surface area contributed by atoms with Crippen molar-refractivity contribution in [2.24, 2.45) is 5.73 Å². The molecule has 2 N–H and O–H groups in total. The van der Waals surface area contributed by atoms with E-state index in [9.17, 15) is 4.39 Å². The van der Waals surface area contributed by atoms with Crippen molar-refractivity contribution in [2.75, 3.05) is 0 Å². The number of hydrogen-bond acceptors (Lipinski definition) is 3. The zero-order chi connectivity index (χ0) is 11.5. The second-order valence-corrected chi connectivity index (χ2v) is 5.33. The van der Waals surface area contributed by atoms with Crippen LogP contribution in [0.15, 0.2) is 34.4 Å². The Bertz CT molecular complexity index is 473. The standard InChI is InChI=1S/C11H10BrFN2S/c12-7-1-2-10(13)9(3-7)11(14)4-8-5-15-6-16-8/h1-3,5-6,11H,4,14H2. The molecule has 0 aliphatic heterocycles. The molecule has 1 heterocycles. The molecular formula is C11H10BrFN2S. The third kappa shape index (κ3) is 2.66. The van der Waals surface area contributed by atoms with Crippen molar-refractivity contribution < 1.29 is 4.39 Å². The number of hydrogen-bond donors (Lipinski definition) is 1. The van der Waals surface area contributed by atoms with Gasteiger partial charge in [-0.1, -0.05) is 15.9 Å². The van der Waals surface area contributed by atoms with Crippen LogP contribution in [-0.2, 0) is 6.42 Å². The van der Waals surface area contributed by atoms with E-state index >= 15 is 0 Å². The summed E-state index contributed by atoms with van der Waals surface area (Å²) in [6, 6.07) is 4.48. The number of rotatable bonds is 3. The number of thiazole rings is 1. The highest BCUT2D eigenvalue weighted by Crippen LogP contribution is 2.23. The molecule has 2 rings (SSSR count). The fourth-order valence-corrected chi connectivity index (χ4v) is 2.50. The molecule has 0 radical (unpaired) electrons. The van der Waals surface area contributed by atoms with Crippen LogP contribution in [0.3, 0.4) is 0 Å². The first-order chi connectivity index (χ1) is 7.66. The highest BCUT2D eigenvalue weighted by atomic mass is 79.9. The molecule has 84 valence electrons. The van der Waals surface area contributed by atoms with E-state index < -0.39 is 0 Å². The second kappa shape index (κ2) is 5.03. The quantitative estimate of drug-likeness (QED) is 0.945. The number of aromatic nitrogens is 1. The zero-order valence-corrected chi connectivity index (χ0v) is 10.8. The van der Waals surface area contributed by atoms with Crippen molar-refractivity contribution in [3.63, 3.8) is 0 Å². The average molecular weight is 301 g/mol. The molecule has 16 heavy (non-hydrogen) atoms. The van der Waals surface area contributed by atoms with E-state index in [1.165, 1.54) is 17.4 Å². The molecule has 1 unspecified atom stereocenters. The van der Waals surface area contributed by atoms with Crippen LogP contribution in [0, 0.1) is 5.82 Å². The van der Waals surface area contributed by atoms with Gasteiger partial charge in [0.05, 0.1) is 5.51 Å². The van der Waals surface area contributed by atoms with Crippen LogP contribution < -0.4 is 5.73 Å². The Morgan fingerprint density at radius 3 is 3.00 bits per heavy atom. The van der Waals surface area contributed by atoms with Crippen LogP contribution in [0.25, 0.3) is 0 Å². The van der Waals surface area contributed by atoms with Crippen LogP contribution in [0.1, 0.15) is 16.5 Å². The lowest BCUT2D eigenvalue weighted by Gasteiger charge is -2.12. The Balaban J connectivity index is 2.20. The van der Waals surface area contributed by atoms with E-state index in [1.807, 2.05) is 0 Å². The third-order valence-electron chi connectivity index (χ3n) is 2.26. The molecule has 0 saturated carbocycles. The summed E-state index contributed by atoms with van der Waals surface area (Å²) in [7, 11) is 0. The van der Waals surface area contributed by atoms with Gasteiger partial charge in [-0.2, -0.15) is 0 Å². The molecule has 0 aliphatic rings. The first kappa shape index (κ1) is 11.7. The summed E-state index contributed by atoms with van der Waals surface area (Å²) >= 11 is 4.84. The molecule has 2 nitrogen and oxygen atoms in total. The van der Waals surface area contributed by atoms with E-state index in [1.54, 1.807) is 23.8 Å². The molecular weight excluding hydrogens is 291 g/mol. The molecule has 5 heteroatoms. The van der Waals surface area contributed by atoms with Gasteiger partial charge in [0.15, 0.2) is 0 Å². The molecule has 0 saturated heterocycles. The van der Waals surface area contributed by atoms with Crippen molar-refractivity contribution in [2.45, 2.75) is 12.5 Å². The molecule has 0 fully saturated rings. The maximum absolute atomic E-state index is 13.5. The summed E-state index contributed by atoms with van der Waals surface area (Å²) in [5.41, 5.74) is 8.25. The van der Waals surface area contributed by atoms with Gasteiger partial charge in [-0.3, -0.25) is 4.98 Å². The smallest absolute Gasteiger partial charge is 0.128 e. The van der Waals surface area contributed by atoms with E-state index in [0.717, 1.165) is 9.35 Å². The van der Waals surface area contributed by atoms with Gasteiger partial charge in [0, 0.05) is 33.6 Å². The lowest BCUT2D eigenvalue weighted by Crippen LogP contribution is -2.14. The molecule has 2 aromatic rings. The summed E-state index contributed by atoms with van der Waals surface area (Å²) in [4.78, 5) is 5.03. The largest absolute Gasteiger partial charge is 0.324 e. The van der Waals surface area contributed by atoms with Crippen molar-refractivity contribution >= 4 is 27.3 Å². The average Bonchev–Trinajstić information content (AvgIpc) is 2.74. The molecule has 1 aromatic carbocycles. The lowest BCUT2D eigenvalue weighted by atomic mass is 10.0. The first-order valence-electron chi connectivity index (χ1n) is 4.74. The van der Waals surface area contributed by atoms with E-state index in [2.05, 4.69) is 20.9 Å². The molecule has 0 amide bonds.